The molecule has 140 valence electrons. The van der Waals surface area contributed by atoms with E-state index in [2.05, 4.69) is 5.32 Å². The minimum atomic E-state index is -3.98. The lowest BCUT2D eigenvalue weighted by molar-refractivity contribution is -0.385. The second-order valence-corrected chi connectivity index (χ2v) is 7.71. The molecule has 3 rings (SSSR count). The number of nitro benzene ring substituents is 1. The van der Waals surface area contributed by atoms with E-state index in [1.165, 1.54) is 43.3 Å². The third kappa shape index (κ3) is 3.26. The van der Waals surface area contributed by atoms with Crippen molar-refractivity contribution in [3.8, 4) is 0 Å². The minimum absolute atomic E-state index is 0.0763. The number of hydrogen-bond donors (Lipinski definition) is 1. The molecule has 9 nitrogen and oxygen atoms in total. The van der Waals surface area contributed by atoms with Gasteiger partial charge in [-0.15, -0.1) is 0 Å². The SMILES string of the molecule is Cc1c(NC(=O)CCN2C(=O)c3ccccc3S2(=O)=O)cccc1[N+](=O)[O-]. The Hall–Kier alpha value is -3.27. The smallest absolute Gasteiger partial charge is 0.274 e. The number of carbonyl (C=O) groups is 2. The topological polar surface area (TPSA) is 127 Å². The third-order valence-electron chi connectivity index (χ3n) is 4.23. The monoisotopic (exact) mass is 389 g/mol. The molecule has 0 fully saturated rings. The average molecular weight is 389 g/mol. The van der Waals surface area contributed by atoms with E-state index < -0.39 is 26.8 Å². The molecule has 0 radical (unpaired) electrons. The number of rotatable bonds is 5. The second kappa shape index (κ2) is 6.80. The molecule has 0 bridgehead atoms. The minimum Gasteiger partial charge on any atom is -0.326 e. The van der Waals surface area contributed by atoms with Crippen molar-refractivity contribution in [1.29, 1.82) is 0 Å². The maximum absolute atomic E-state index is 12.4. The molecule has 1 heterocycles. The van der Waals surface area contributed by atoms with Gasteiger partial charge in [0.1, 0.15) is 4.90 Å². The lowest BCUT2D eigenvalue weighted by Crippen LogP contribution is -2.33. The van der Waals surface area contributed by atoms with Crippen molar-refractivity contribution in [2.24, 2.45) is 0 Å². The summed E-state index contributed by atoms with van der Waals surface area (Å²) in [5, 5.41) is 13.5. The molecule has 2 amide bonds. The first-order valence-electron chi connectivity index (χ1n) is 7.93. The van der Waals surface area contributed by atoms with Crippen LogP contribution in [0.5, 0.6) is 0 Å². The molecule has 0 unspecified atom stereocenters. The number of amides is 2. The highest BCUT2D eigenvalue weighted by Gasteiger charge is 2.40. The molecule has 2 aromatic carbocycles. The molecule has 27 heavy (non-hydrogen) atoms. The first-order chi connectivity index (χ1) is 12.7. The lowest BCUT2D eigenvalue weighted by Gasteiger charge is -2.15. The Labute approximate surface area is 154 Å². The first-order valence-corrected chi connectivity index (χ1v) is 9.37. The van der Waals surface area contributed by atoms with E-state index in [9.17, 15) is 28.1 Å². The quantitative estimate of drug-likeness (QED) is 0.616. The Morgan fingerprint density at radius 1 is 1.19 bits per heavy atom. The van der Waals surface area contributed by atoms with Crippen LogP contribution in [0.2, 0.25) is 0 Å². The fourth-order valence-electron chi connectivity index (χ4n) is 2.82. The zero-order valence-corrected chi connectivity index (χ0v) is 15.0. The highest BCUT2D eigenvalue weighted by Crippen LogP contribution is 2.30. The van der Waals surface area contributed by atoms with Crippen LogP contribution in [0.1, 0.15) is 22.3 Å². The van der Waals surface area contributed by atoms with E-state index >= 15 is 0 Å². The molecule has 10 heteroatoms. The van der Waals surface area contributed by atoms with E-state index in [-0.39, 0.29) is 40.4 Å². The molecular weight excluding hydrogens is 374 g/mol. The standard InChI is InChI=1S/C17H15N3O6S/c1-11-13(6-4-7-14(11)20(23)24)18-16(21)9-10-19-17(22)12-5-2-3-8-15(12)27(19,25)26/h2-8H,9-10H2,1H3,(H,18,21). The van der Waals surface area contributed by atoms with Gasteiger partial charge in [-0.3, -0.25) is 19.7 Å². The van der Waals surface area contributed by atoms with Gasteiger partial charge in [0, 0.05) is 19.0 Å². The highest BCUT2D eigenvalue weighted by molar-refractivity contribution is 7.90. The molecule has 1 aliphatic heterocycles. The summed E-state index contributed by atoms with van der Waals surface area (Å²) in [6.45, 7) is 1.18. The van der Waals surface area contributed by atoms with Crippen molar-refractivity contribution in [2.45, 2.75) is 18.2 Å². The van der Waals surface area contributed by atoms with Gasteiger partial charge in [-0.2, -0.15) is 0 Å². The zero-order valence-electron chi connectivity index (χ0n) is 14.2. The van der Waals surface area contributed by atoms with Gasteiger partial charge in [0.05, 0.1) is 21.7 Å². The number of nitrogens with zero attached hydrogens (tertiary/aromatic N) is 2. The zero-order chi connectivity index (χ0) is 19.8. The summed E-state index contributed by atoms with van der Waals surface area (Å²) < 4.78 is 25.5. The molecule has 0 spiro atoms. The van der Waals surface area contributed by atoms with Crippen molar-refractivity contribution in [2.75, 3.05) is 11.9 Å². The van der Waals surface area contributed by atoms with Gasteiger partial charge in [0.15, 0.2) is 0 Å². The number of nitro groups is 1. The Bertz CT molecular complexity index is 1060. The molecule has 0 saturated carbocycles. The number of fused-ring (bicyclic) bond motifs is 1. The fraction of sp³-hybridized carbons (Fsp3) is 0.176. The summed E-state index contributed by atoms with van der Waals surface area (Å²) in [6, 6.07) is 10.1. The molecule has 1 aliphatic rings. The molecule has 0 aromatic heterocycles. The van der Waals surface area contributed by atoms with Gasteiger partial charge in [0.25, 0.3) is 21.6 Å². The average Bonchev–Trinajstić information content (AvgIpc) is 2.81. The third-order valence-corrected chi connectivity index (χ3v) is 6.07. The molecule has 1 N–H and O–H groups in total. The predicted octanol–water partition coefficient (Wildman–Crippen LogP) is 2.08. The van der Waals surface area contributed by atoms with Gasteiger partial charge in [-0.25, -0.2) is 12.7 Å². The van der Waals surface area contributed by atoms with Crippen LogP contribution < -0.4 is 5.32 Å². The van der Waals surface area contributed by atoms with Gasteiger partial charge in [-0.1, -0.05) is 18.2 Å². The number of benzene rings is 2. The number of hydrogen-bond acceptors (Lipinski definition) is 6. The summed E-state index contributed by atoms with van der Waals surface area (Å²) >= 11 is 0. The maximum atomic E-state index is 12.4. The largest absolute Gasteiger partial charge is 0.326 e. The summed E-state index contributed by atoms with van der Waals surface area (Å²) in [5.41, 5.74) is 0.481. The maximum Gasteiger partial charge on any atom is 0.274 e. The van der Waals surface area contributed by atoms with E-state index in [0.29, 0.717) is 4.31 Å². The van der Waals surface area contributed by atoms with Crippen molar-refractivity contribution < 1.29 is 22.9 Å². The van der Waals surface area contributed by atoms with E-state index in [4.69, 9.17) is 0 Å². The van der Waals surface area contributed by atoms with Crippen LogP contribution >= 0.6 is 0 Å². The Morgan fingerprint density at radius 3 is 2.56 bits per heavy atom. The van der Waals surface area contributed by atoms with Crippen molar-refractivity contribution >= 4 is 33.2 Å². The van der Waals surface area contributed by atoms with Gasteiger partial charge in [0.2, 0.25) is 5.91 Å². The predicted molar refractivity (Wildman–Crippen MR) is 95.7 cm³/mol. The Kier molecular flexibility index (Phi) is 4.66. The molecule has 2 aromatic rings. The van der Waals surface area contributed by atoms with Gasteiger partial charge >= 0.3 is 0 Å². The number of carbonyl (C=O) groups excluding carboxylic acids is 2. The number of nitrogens with one attached hydrogen (secondary N) is 1. The molecular formula is C17H15N3O6S. The molecule has 0 saturated heterocycles. The highest BCUT2D eigenvalue weighted by atomic mass is 32.2. The van der Waals surface area contributed by atoms with Gasteiger partial charge in [-0.05, 0) is 25.1 Å². The summed E-state index contributed by atoms with van der Waals surface area (Å²) in [6.07, 6.45) is -0.277. The van der Waals surface area contributed by atoms with Gasteiger partial charge < -0.3 is 5.32 Å². The molecule has 0 aliphatic carbocycles. The van der Waals surface area contributed by atoms with Crippen LogP contribution in [-0.2, 0) is 14.8 Å². The van der Waals surface area contributed by atoms with Crippen LogP contribution in [0, 0.1) is 17.0 Å². The Balaban J connectivity index is 1.72. The summed E-state index contributed by atoms with van der Waals surface area (Å²) in [7, 11) is -3.98. The lowest BCUT2D eigenvalue weighted by atomic mass is 10.1. The van der Waals surface area contributed by atoms with Crippen molar-refractivity contribution in [1.82, 2.24) is 4.31 Å². The Morgan fingerprint density at radius 2 is 1.89 bits per heavy atom. The second-order valence-electron chi connectivity index (χ2n) is 5.88. The summed E-state index contributed by atoms with van der Waals surface area (Å²) in [4.78, 5) is 34.8. The van der Waals surface area contributed by atoms with Crippen LogP contribution in [0.4, 0.5) is 11.4 Å². The van der Waals surface area contributed by atoms with E-state index in [1.807, 2.05) is 0 Å². The van der Waals surface area contributed by atoms with Crippen LogP contribution in [0.25, 0.3) is 0 Å². The molecule has 0 atom stereocenters. The number of anilines is 1. The summed E-state index contributed by atoms with van der Waals surface area (Å²) in [5.74, 6) is -1.23. The number of sulfonamides is 1. The van der Waals surface area contributed by atoms with Crippen molar-refractivity contribution in [3.05, 3.63) is 63.7 Å². The normalized spacial score (nSPS) is 14.7. The van der Waals surface area contributed by atoms with E-state index in [0.717, 1.165) is 0 Å². The van der Waals surface area contributed by atoms with Crippen molar-refractivity contribution in [3.63, 3.8) is 0 Å². The van der Waals surface area contributed by atoms with Crippen LogP contribution in [0.15, 0.2) is 47.4 Å². The van der Waals surface area contributed by atoms with Crippen LogP contribution in [0.3, 0.4) is 0 Å². The first kappa shape index (κ1) is 18.5. The van der Waals surface area contributed by atoms with E-state index in [1.54, 1.807) is 6.07 Å². The fourth-order valence-corrected chi connectivity index (χ4v) is 4.39. The van der Waals surface area contributed by atoms with Crippen LogP contribution in [-0.4, -0.2) is 36.0 Å².